The molecule has 0 aromatic carbocycles. The molecule has 9 amide bonds. The van der Waals surface area contributed by atoms with E-state index in [2.05, 4.69) is 176 Å². The van der Waals surface area contributed by atoms with E-state index in [9.17, 15) is 76.1 Å². The number of esters is 2. The van der Waals surface area contributed by atoms with Crippen molar-refractivity contribution in [2.75, 3.05) is 56.3 Å². The number of methoxy groups -OCH3 is 2. The maximum atomic E-state index is 12.6. The standard InChI is InChI=1S/C16H23BrN2O5S.C15H22BrN3O4S.C15H20BrN3O3S.C15H21BrN2O5S.C10H19NO4.C6H6BrNO2S.C5H5BClNO2.2C2H6O.CH3F.Cl3OP/c1-8(2)11(19-15(22)24-16(3,4)5)13(20)18-9-7-10(17)25-12(9)14(21)23-6;1-7(2)10(19-14(22)23-15(3,4)5)13(21)18-8-6-9(16)24-11(8)12(17)20;1-7(2)10(18-14(21)22-15(3,4)5)12-17-8-6-9(16)23-11(8)13(20)19-12;1-7(2)10(18-14(22)23-15(3,4)5)12(19)17-8-6-9(16)24-11(8)13(20)21;1-6(2)7(8(12)13)11-9(14)15-10(3,4)5;1-10-6(9)5-3(8)2-4(7)11-5;7-5-3-4(6(9)10)1-2-8-5;2*1-2-3;1-2;1-5(2,3)4/h7-8,11H,1-6H3,(H,18,20)(H,19,22);6-7,10H,1-5H3,(H2,17,20)(H,18,21)(H,19,22);6-7,10H,1-5H3,(H,18,21)(H,17,19,20);6-7,10H,1-5H3,(H,17,19)(H,18,22)(H,20,21);6-7H,1-5H3,(H,11,14)(H,12,13);2H,8H2,1H3;1-3,9-10H;2*3H,2H2,1H3;1H3;/t11-;3*10-;7-;;;;;;/m00000....../s1/i;;;;;;;;;1D;. The minimum atomic E-state index is -3.22. The third-order valence-corrected chi connectivity index (χ3v) is 23.7. The number of aromatic nitrogens is 3. The number of carbonyl (C=O) groups is 13. The number of alkyl halides is 1. The maximum absolute atomic E-state index is 12.6. The van der Waals surface area contributed by atoms with Crippen molar-refractivity contribution < 1.29 is 136 Å². The zero-order valence-electron chi connectivity index (χ0n) is 86.1. The third kappa shape index (κ3) is 64.5. The fourth-order valence-corrected chi connectivity index (χ4v) is 17.0. The van der Waals surface area contributed by atoms with Gasteiger partial charge >= 0.3 is 66.7 Å². The molecule has 7 heterocycles. The van der Waals surface area contributed by atoms with E-state index < -0.39 is 156 Å². The zero-order chi connectivity index (χ0) is 115. The van der Waals surface area contributed by atoms with Crippen LogP contribution in [0, 0.1) is 29.6 Å². The summed E-state index contributed by atoms with van der Waals surface area (Å²) in [7, 11) is 0.123. The third-order valence-electron chi connectivity index (χ3n) is 15.3. The fourth-order valence-electron chi connectivity index (χ4n) is 9.70. The molecular weight excluding hydrogens is 2440 g/mol. The summed E-state index contributed by atoms with van der Waals surface area (Å²) in [6, 6.07) is 7.20. The Kier molecular flexibility index (Phi) is 67.2. The lowest BCUT2D eigenvalue weighted by molar-refractivity contribution is -0.140. The number of fused-ring (bicyclic) bond motifs is 1. The number of aromatic amines is 1. The van der Waals surface area contributed by atoms with Gasteiger partial charge < -0.3 is 123 Å². The number of carboxylic acids is 2. The van der Waals surface area contributed by atoms with Gasteiger partial charge in [0.15, 0.2) is 0 Å². The number of ether oxygens (including phenoxy) is 7. The first-order valence-corrected chi connectivity index (χ1v) is 55.6. The lowest BCUT2D eigenvalue weighted by Gasteiger charge is -2.25. The topological polar surface area (TPSA) is 632 Å². The number of carboxylic acid groups (broad SMARTS) is 2. The number of H-pyrrole nitrogens is 1. The molecule has 5 atom stereocenters. The first-order chi connectivity index (χ1) is 66.5. The number of aromatic carboxylic acids is 1. The van der Waals surface area contributed by atoms with Crippen LogP contribution in [0.15, 0.2) is 72.4 Å². The molecule has 41 nitrogen and oxygen atoms in total. The number of nitrogens with one attached hydrogen (secondary N) is 9. The van der Waals surface area contributed by atoms with Crippen LogP contribution in [0.25, 0.3) is 10.2 Å². The number of carbonyl (C=O) groups excluding carboxylic acids is 11. The quantitative estimate of drug-likeness (QED) is 0.00930. The Morgan fingerprint density at radius 3 is 1.07 bits per heavy atom. The molecule has 0 aliphatic rings. The second kappa shape index (κ2) is 68.9. The van der Waals surface area contributed by atoms with E-state index in [1.165, 1.54) is 61.3 Å². The number of aliphatic hydroxyl groups excluding tert-OH is 2. The van der Waals surface area contributed by atoms with Gasteiger partial charge in [-0.05, 0) is 309 Å². The second-order valence-corrected chi connectivity index (χ2v) is 54.7. The fraction of sp³-hybridized carbons (Fsp3) is 0.540. The van der Waals surface area contributed by atoms with Crippen LogP contribution in [0.5, 0.6) is 0 Å². The number of aliphatic hydroxyl groups is 2. The van der Waals surface area contributed by atoms with Crippen LogP contribution in [0.4, 0.5) is 51.1 Å². The van der Waals surface area contributed by atoms with Crippen LogP contribution in [0.1, 0.15) is 239 Å². The van der Waals surface area contributed by atoms with Crippen molar-refractivity contribution in [1.82, 2.24) is 41.5 Å². The number of aliphatic carboxylic acids is 1. The van der Waals surface area contributed by atoms with Crippen molar-refractivity contribution in [2.24, 2.45) is 35.3 Å². The van der Waals surface area contributed by atoms with E-state index in [0.29, 0.717) is 54.8 Å². The van der Waals surface area contributed by atoms with Crippen LogP contribution in [-0.4, -0.2) is 217 Å². The van der Waals surface area contributed by atoms with E-state index in [1.807, 2.05) is 13.8 Å². The molecule has 0 saturated carbocycles. The van der Waals surface area contributed by atoms with Crippen molar-refractivity contribution in [3.05, 3.63) is 108 Å². The number of hydrogen-bond donors (Lipinski definition) is 17. The molecule has 0 radical (unpaired) electrons. The van der Waals surface area contributed by atoms with Crippen molar-refractivity contribution in [3.63, 3.8) is 0 Å². The molecule has 7 aromatic heterocycles. The Balaban J connectivity index is -0.000000800. The molecule has 820 valence electrons. The smallest absolute Gasteiger partial charge is 0.480 e. The van der Waals surface area contributed by atoms with Gasteiger partial charge in [-0.3, -0.25) is 32.9 Å². The van der Waals surface area contributed by atoms with Gasteiger partial charge in [0.05, 0.1) is 76.0 Å². The van der Waals surface area contributed by atoms with Gasteiger partial charge in [0.1, 0.15) is 87.4 Å². The summed E-state index contributed by atoms with van der Waals surface area (Å²) in [6.07, 6.45) is -1.90. The Morgan fingerprint density at radius 1 is 0.503 bits per heavy atom. The summed E-state index contributed by atoms with van der Waals surface area (Å²) >= 11 is 41.5. The van der Waals surface area contributed by atoms with Crippen LogP contribution >= 0.6 is 187 Å². The highest BCUT2D eigenvalue weighted by atomic mass is 79.9. The van der Waals surface area contributed by atoms with E-state index in [4.69, 9.17) is 83.3 Å². The summed E-state index contributed by atoms with van der Waals surface area (Å²) in [5.41, 5.74) is 9.58. The van der Waals surface area contributed by atoms with Gasteiger partial charge in [-0.2, -0.15) is 0 Å². The van der Waals surface area contributed by atoms with Crippen molar-refractivity contribution in [2.45, 2.75) is 245 Å². The van der Waals surface area contributed by atoms with Gasteiger partial charge in [0.2, 0.25) is 17.7 Å². The Hall–Kier alpha value is -7.68. The zero-order valence-corrected chi connectivity index (χ0v) is 101. The molecule has 7 aromatic rings. The van der Waals surface area contributed by atoms with Crippen LogP contribution in [-0.2, 0) is 56.9 Å². The highest BCUT2D eigenvalue weighted by Crippen LogP contribution is 2.61. The van der Waals surface area contributed by atoms with Crippen molar-refractivity contribution in [3.8, 4) is 0 Å². The van der Waals surface area contributed by atoms with Crippen LogP contribution in [0.3, 0.4) is 0 Å². The first kappa shape index (κ1) is 141. The number of anilines is 4. The lowest BCUT2D eigenvalue weighted by atomic mass is 9.81. The molecule has 58 heteroatoms. The Morgan fingerprint density at radius 2 is 0.793 bits per heavy atom. The molecule has 145 heavy (non-hydrogen) atoms. The molecule has 0 bridgehead atoms. The van der Waals surface area contributed by atoms with E-state index in [-0.39, 0.29) is 73.8 Å². The number of nitrogen functional groups attached to an aromatic ring is 1. The maximum Gasteiger partial charge on any atom is 0.488 e. The highest BCUT2D eigenvalue weighted by molar-refractivity contribution is 9.12. The number of amides is 9. The largest absolute Gasteiger partial charge is 0.488 e. The Bertz CT molecular complexity index is 5340. The SMILES string of the molecule is CC(C)[C@H](NC(=O)OC(C)(C)C)C(=O)Nc1cc(Br)sc1C(=O)O.CC(C)[C@H](NC(=O)OC(C)(C)C)C(=O)Nc1cc(Br)sc1C(N)=O.CC(C)[C@H](NC(=O)OC(C)(C)C)C(=O)O.CC(C)[C@H](NC(=O)OC(C)(C)C)c1nc2cc(Br)sc2c(=O)[nH]1.CCO.CCO.COC(=O)c1sc(Br)cc1N.COC(=O)c1sc(Br)cc1NC(=O)[C@@H](NC(=O)OC(C)(C)C)C(C)C.O=P(Cl)(Cl)Cl.OB(O)c1ccnc(Cl)c1.[2H]CF. The first-order valence-electron chi connectivity index (χ1n) is 43.4. The minimum Gasteiger partial charge on any atom is -0.480 e. The summed E-state index contributed by atoms with van der Waals surface area (Å²) in [5.74, 6) is -5.50. The molecule has 19 N–H and O–H groups in total. The molecule has 0 unspecified atom stereocenters. The normalized spacial score (nSPS) is 12.0. The molecule has 0 aliphatic heterocycles. The van der Waals surface area contributed by atoms with Crippen molar-refractivity contribution >= 4 is 310 Å². The van der Waals surface area contributed by atoms with Gasteiger partial charge in [-0.1, -0.05) is 80.8 Å². The molecule has 0 fully saturated rings. The summed E-state index contributed by atoms with van der Waals surface area (Å²) < 4.78 is 64.1. The van der Waals surface area contributed by atoms with Gasteiger partial charge in [0.25, 0.3) is 11.5 Å². The monoisotopic (exact) mass is 2560 g/mol. The van der Waals surface area contributed by atoms with Gasteiger partial charge in [-0.15, -0.1) is 56.7 Å². The van der Waals surface area contributed by atoms with E-state index in [1.54, 1.807) is 197 Å². The number of nitrogens with two attached hydrogens (primary N) is 2. The van der Waals surface area contributed by atoms with Crippen LogP contribution < -0.4 is 65.0 Å². The summed E-state index contributed by atoms with van der Waals surface area (Å²) in [5, 5.41) is 68.0. The van der Waals surface area contributed by atoms with Crippen molar-refractivity contribution in [1.29, 1.82) is 0 Å². The highest BCUT2D eigenvalue weighted by Gasteiger charge is 2.35. The molecule has 0 spiro atoms. The number of primary amides is 1. The Labute approximate surface area is 925 Å². The summed E-state index contributed by atoms with van der Waals surface area (Å²) in [4.78, 5) is 177. The van der Waals surface area contributed by atoms with E-state index in [0.717, 1.165) is 41.6 Å². The molecular formula is C87H131BBr5Cl4FN13O28PS5. The number of pyridine rings is 1. The molecule has 0 aliphatic carbocycles. The number of thiophene rings is 5. The average molecular weight is 2570 g/mol. The second-order valence-electron chi connectivity index (χ2n) is 35.5. The van der Waals surface area contributed by atoms with Gasteiger partial charge in [0, 0.05) is 19.4 Å². The van der Waals surface area contributed by atoms with Gasteiger partial charge in [-0.25, -0.2) is 53.1 Å². The number of hydrogen-bond acceptors (Lipinski definition) is 34. The average Bonchev–Trinajstić information content (AvgIpc) is 1.65. The van der Waals surface area contributed by atoms with Crippen LogP contribution in [0.2, 0.25) is 5.15 Å². The minimum absolute atomic E-state index is 0.00926. The number of rotatable bonds is 23. The number of alkyl carbamates (subject to hydrolysis) is 5. The summed E-state index contributed by atoms with van der Waals surface area (Å²) in [6.45, 7) is 48.0. The molecule has 0 saturated heterocycles. The molecule has 7 rings (SSSR count). The number of halogens is 10. The predicted octanol–water partition coefficient (Wildman–Crippen LogP) is 20.9. The lowest BCUT2D eigenvalue weighted by Crippen LogP contribution is -2.48. The predicted molar refractivity (Wildman–Crippen MR) is 588 cm³/mol. The number of nitrogens with zero attached hydrogens (tertiary/aromatic N) is 2. The van der Waals surface area contributed by atoms with E-state index >= 15 is 0 Å².